The number of hydrogen-bond donors (Lipinski definition) is 2. The number of furan rings is 1. The molecule has 2 N–H and O–H groups in total. The zero-order chi connectivity index (χ0) is 50.5. The summed E-state index contributed by atoms with van der Waals surface area (Å²) in [4.78, 5) is 36.0. The smallest absolute Gasteiger partial charge is 0.345 e. The number of carboxylic acids is 1. The van der Waals surface area contributed by atoms with E-state index < -0.39 is 32.3 Å². The van der Waals surface area contributed by atoms with Crippen molar-refractivity contribution >= 4 is 37.0 Å². The second kappa shape index (κ2) is 21.8. The molecule has 0 spiro atoms. The van der Waals surface area contributed by atoms with E-state index in [0.29, 0.717) is 68.9 Å². The number of aliphatic carboxylic acids is 1. The second-order valence-corrected chi connectivity index (χ2v) is 24.1. The highest BCUT2D eigenvalue weighted by molar-refractivity contribution is 6.74. The minimum absolute atomic E-state index is 0.0269. The number of likely N-dealkylation sites (N-methyl/N-ethyl adjacent to an activating group) is 1. The molecule has 8 rings (SSSR count). The van der Waals surface area contributed by atoms with Gasteiger partial charge in [-0.3, -0.25) is 4.90 Å². The number of para-hydroxylation sites is 1. The third-order valence-corrected chi connectivity index (χ3v) is 17.6. The molecule has 15 nitrogen and oxygen atoms in total. The third-order valence-electron chi connectivity index (χ3n) is 12.9. The SMILES string of the molecule is COc1ccccc1-c1nccc(COc2ccc(O[Si](C)(C)C(C)(C)C)cc2CC(Oc2ncnc3oc(-c4ccc(F)cc4)c(-c4ccc(OC(CO)CN5CCN(C)CC5)c(Cl)c4)c23)C(=O)O)n1. The van der Waals surface area contributed by atoms with Crippen molar-refractivity contribution in [1.82, 2.24) is 29.7 Å². The van der Waals surface area contributed by atoms with E-state index in [1.807, 2.05) is 30.3 Å². The quantitative estimate of drug-likeness (QED) is 0.0732. The van der Waals surface area contributed by atoms with Gasteiger partial charge in [-0.1, -0.05) is 50.6 Å². The normalized spacial score (nSPS) is 14.5. The van der Waals surface area contributed by atoms with Gasteiger partial charge in [-0.05, 0) is 104 Å². The number of carboxylic acid groups (broad SMARTS) is 1. The molecule has 1 saturated heterocycles. The average Bonchev–Trinajstić information content (AvgIpc) is 3.75. The number of fused-ring (bicyclic) bond motifs is 1. The number of piperazine rings is 1. The summed E-state index contributed by atoms with van der Waals surface area (Å²) in [5, 5.41) is 21.6. The lowest BCUT2D eigenvalue weighted by molar-refractivity contribution is -0.145. The van der Waals surface area contributed by atoms with E-state index in [4.69, 9.17) is 44.4 Å². The third kappa shape index (κ3) is 11.9. The first-order valence-corrected chi connectivity index (χ1v) is 26.6. The zero-order valence-electron chi connectivity index (χ0n) is 40.8. The monoisotopic (exact) mass is 1000 g/mol. The van der Waals surface area contributed by atoms with Crippen LogP contribution in [0.1, 0.15) is 32.0 Å². The zero-order valence-corrected chi connectivity index (χ0v) is 42.6. The van der Waals surface area contributed by atoms with Gasteiger partial charge < -0.3 is 42.9 Å². The van der Waals surface area contributed by atoms with Gasteiger partial charge >= 0.3 is 5.97 Å². The van der Waals surface area contributed by atoms with Crippen molar-refractivity contribution in [2.75, 3.05) is 53.5 Å². The first-order chi connectivity index (χ1) is 34.0. The van der Waals surface area contributed by atoms with Crippen LogP contribution in [0.5, 0.6) is 28.9 Å². The number of carbonyl (C=O) groups is 1. The van der Waals surface area contributed by atoms with Gasteiger partial charge in [-0.15, -0.1) is 0 Å². The van der Waals surface area contributed by atoms with Gasteiger partial charge in [0, 0.05) is 62.0 Å². The summed E-state index contributed by atoms with van der Waals surface area (Å²) < 4.78 is 52.1. The van der Waals surface area contributed by atoms with Crippen molar-refractivity contribution in [1.29, 1.82) is 0 Å². The molecule has 372 valence electrons. The predicted octanol–water partition coefficient (Wildman–Crippen LogP) is 9.84. The Balaban J connectivity index is 1.14. The summed E-state index contributed by atoms with van der Waals surface area (Å²) in [5.74, 6) is 0.854. The van der Waals surface area contributed by atoms with Gasteiger partial charge in [0.05, 0.1) is 30.0 Å². The Morgan fingerprint density at radius 2 is 1.63 bits per heavy atom. The molecular formula is C53H58ClFN6O9Si. The van der Waals surface area contributed by atoms with Gasteiger partial charge in [-0.25, -0.2) is 29.1 Å². The van der Waals surface area contributed by atoms with Crippen LogP contribution in [0.2, 0.25) is 23.2 Å². The fourth-order valence-corrected chi connectivity index (χ4v) is 9.17. The van der Waals surface area contributed by atoms with Crippen LogP contribution in [0, 0.1) is 5.82 Å². The molecular weight excluding hydrogens is 947 g/mol. The summed E-state index contributed by atoms with van der Waals surface area (Å²) in [6.45, 7) is 14.5. The number of aliphatic hydroxyl groups excluding tert-OH is 1. The maximum absolute atomic E-state index is 14.3. The Hall–Kier alpha value is -6.63. The molecule has 18 heteroatoms. The molecule has 1 fully saturated rings. The topological polar surface area (TPSA) is 175 Å². The molecule has 3 aromatic heterocycles. The van der Waals surface area contributed by atoms with Crippen molar-refractivity contribution in [3.8, 4) is 62.7 Å². The Morgan fingerprint density at radius 3 is 2.34 bits per heavy atom. The summed E-state index contributed by atoms with van der Waals surface area (Å²) in [6, 6.07) is 25.5. The average molecular weight is 1010 g/mol. The Bertz CT molecular complexity index is 2980. The first-order valence-electron chi connectivity index (χ1n) is 23.3. The van der Waals surface area contributed by atoms with Crippen molar-refractivity contribution in [3.63, 3.8) is 0 Å². The molecule has 0 amide bonds. The predicted molar refractivity (Wildman–Crippen MR) is 271 cm³/mol. The van der Waals surface area contributed by atoms with Gasteiger partial charge in [0.1, 0.15) is 59.0 Å². The summed E-state index contributed by atoms with van der Waals surface area (Å²) in [7, 11) is 1.32. The summed E-state index contributed by atoms with van der Waals surface area (Å²) in [5.41, 5.74) is 3.32. The first kappa shape index (κ1) is 50.7. The Morgan fingerprint density at radius 1 is 0.901 bits per heavy atom. The molecule has 1 aliphatic heterocycles. The standard InChI is InChI=1S/C53H58ClFN6O9Si/c1-53(2,3)71(6,7)70-38-17-19-42(66-31-37-20-21-56-49(59-37)40-10-8-9-11-43(40)65-5)35(26-38)28-45(52(63)64)68-50-47-46(48(69-51(47)58-32-57-50)33-12-15-36(55)16-13-33)34-14-18-44(41(54)27-34)67-39(30-62)29-61-24-22-60(4)23-25-61/h8-21,26-27,32,39,45,62H,22-25,28-31H2,1-7H3,(H,63,64). The molecule has 2 atom stereocenters. The van der Waals surface area contributed by atoms with Gasteiger partial charge in [-0.2, -0.15) is 0 Å². The van der Waals surface area contributed by atoms with Gasteiger partial charge in [0.2, 0.25) is 26.0 Å². The highest BCUT2D eigenvalue weighted by Crippen LogP contribution is 2.46. The van der Waals surface area contributed by atoms with E-state index in [9.17, 15) is 19.4 Å². The summed E-state index contributed by atoms with van der Waals surface area (Å²) in [6.07, 6.45) is 0.619. The molecule has 71 heavy (non-hydrogen) atoms. The Labute approximate surface area is 418 Å². The number of ether oxygens (including phenoxy) is 4. The highest BCUT2D eigenvalue weighted by atomic mass is 35.5. The molecule has 0 radical (unpaired) electrons. The van der Waals surface area contributed by atoms with Crippen molar-refractivity contribution in [3.05, 3.63) is 126 Å². The van der Waals surface area contributed by atoms with Crippen LogP contribution in [0.25, 0.3) is 44.9 Å². The molecule has 4 aromatic carbocycles. The van der Waals surface area contributed by atoms with E-state index in [1.165, 1.54) is 18.5 Å². The lowest BCUT2D eigenvalue weighted by atomic mass is 9.99. The van der Waals surface area contributed by atoms with Crippen LogP contribution in [-0.2, 0) is 17.8 Å². The number of methoxy groups -OCH3 is 1. The maximum atomic E-state index is 14.3. The molecule has 7 aromatic rings. The van der Waals surface area contributed by atoms with E-state index in [-0.39, 0.29) is 52.4 Å². The minimum Gasteiger partial charge on any atom is -0.543 e. The minimum atomic E-state index is -2.35. The lowest BCUT2D eigenvalue weighted by Gasteiger charge is -2.36. The number of aromatic nitrogens is 4. The number of aliphatic hydroxyl groups is 1. The molecule has 0 aliphatic carbocycles. The number of nitrogens with zero attached hydrogens (tertiary/aromatic N) is 6. The van der Waals surface area contributed by atoms with Gasteiger partial charge in [0.25, 0.3) is 0 Å². The number of hydrogen-bond acceptors (Lipinski definition) is 14. The fraction of sp³-hybridized carbons (Fsp3) is 0.340. The lowest BCUT2D eigenvalue weighted by Crippen LogP contribution is -2.48. The van der Waals surface area contributed by atoms with Crippen molar-refractivity contribution < 1.29 is 47.2 Å². The van der Waals surface area contributed by atoms with E-state index in [2.05, 4.69) is 65.7 Å². The van der Waals surface area contributed by atoms with Crippen LogP contribution in [-0.4, -0.2) is 120 Å². The van der Waals surface area contributed by atoms with Crippen LogP contribution < -0.4 is 23.4 Å². The van der Waals surface area contributed by atoms with E-state index in [1.54, 1.807) is 61.8 Å². The maximum Gasteiger partial charge on any atom is 0.345 e. The van der Waals surface area contributed by atoms with Crippen LogP contribution in [0.4, 0.5) is 4.39 Å². The molecule has 2 unspecified atom stereocenters. The Kier molecular flexibility index (Phi) is 15.6. The molecule has 0 saturated carbocycles. The molecule has 1 aliphatic rings. The van der Waals surface area contributed by atoms with E-state index in [0.717, 1.165) is 26.2 Å². The summed E-state index contributed by atoms with van der Waals surface area (Å²) >= 11 is 6.96. The molecule has 4 heterocycles. The fourth-order valence-electron chi connectivity index (χ4n) is 7.93. The number of halogens is 2. The van der Waals surface area contributed by atoms with Crippen LogP contribution >= 0.6 is 11.6 Å². The number of benzene rings is 4. The second-order valence-electron chi connectivity index (χ2n) is 19.0. The molecule has 0 bridgehead atoms. The van der Waals surface area contributed by atoms with Crippen molar-refractivity contribution in [2.24, 2.45) is 0 Å². The number of rotatable bonds is 19. The van der Waals surface area contributed by atoms with Crippen molar-refractivity contribution in [2.45, 2.75) is 64.1 Å². The van der Waals surface area contributed by atoms with Crippen LogP contribution in [0.15, 0.2) is 108 Å². The highest BCUT2D eigenvalue weighted by Gasteiger charge is 2.39. The largest absolute Gasteiger partial charge is 0.543 e. The van der Waals surface area contributed by atoms with Gasteiger partial charge in [0.15, 0.2) is 5.82 Å². The van der Waals surface area contributed by atoms with Crippen LogP contribution in [0.3, 0.4) is 0 Å². The van der Waals surface area contributed by atoms with E-state index >= 15 is 0 Å².